The SMILES string of the molecule is CN1/C(=C\C(=O)CSc2nnc(C3CC3)n2-c2ccccc2)C(C)(C)c2ccccc21. The molecule has 3 aromatic rings. The van der Waals surface area contributed by atoms with Crippen LogP contribution in [0.4, 0.5) is 5.69 Å². The number of allylic oxidation sites excluding steroid dienone is 2. The van der Waals surface area contributed by atoms with Gasteiger partial charge in [0.1, 0.15) is 5.82 Å². The van der Waals surface area contributed by atoms with Crippen LogP contribution < -0.4 is 4.90 Å². The third kappa shape index (κ3) is 3.59. The number of carbonyl (C=O) groups is 1. The number of benzene rings is 2. The Balaban J connectivity index is 1.38. The van der Waals surface area contributed by atoms with Gasteiger partial charge in [0.2, 0.25) is 0 Å². The number of thioether (sulfide) groups is 1. The van der Waals surface area contributed by atoms with E-state index in [0.717, 1.165) is 40.9 Å². The quantitative estimate of drug-likeness (QED) is 0.401. The van der Waals surface area contributed by atoms with Gasteiger partial charge in [-0.2, -0.15) is 0 Å². The van der Waals surface area contributed by atoms with E-state index in [9.17, 15) is 4.79 Å². The zero-order valence-electron chi connectivity index (χ0n) is 18.1. The molecule has 5 rings (SSSR count). The molecule has 0 N–H and O–H groups in total. The number of hydrogen-bond acceptors (Lipinski definition) is 5. The summed E-state index contributed by atoms with van der Waals surface area (Å²) in [4.78, 5) is 15.1. The molecule has 0 unspecified atom stereocenters. The Morgan fingerprint density at radius 2 is 1.81 bits per heavy atom. The first-order valence-corrected chi connectivity index (χ1v) is 11.7. The van der Waals surface area contributed by atoms with Gasteiger partial charge in [0.25, 0.3) is 0 Å². The number of hydrogen-bond donors (Lipinski definition) is 0. The van der Waals surface area contributed by atoms with Crippen LogP contribution >= 0.6 is 11.8 Å². The second-order valence-electron chi connectivity index (χ2n) is 8.77. The monoisotopic (exact) mass is 430 g/mol. The van der Waals surface area contributed by atoms with E-state index < -0.39 is 0 Å². The number of anilines is 1. The van der Waals surface area contributed by atoms with Gasteiger partial charge in [0, 0.05) is 41.5 Å². The van der Waals surface area contributed by atoms with Crippen LogP contribution in [0, 0.1) is 0 Å². The highest BCUT2D eigenvalue weighted by atomic mass is 32.2. The molecular weight excluding hydrogens is 404 g/mol. The van der Waals surface area contributed by atoms with Gasteiger partial charge >= 0.3 is 0 Å². The van der Waals surface area contributed by atoms with Gasteiger partial charge in [0.15, 0.2) is 10.9 Å². The van der Waals surface area contributed by atoms with Crippen molar-refractivity contribution in [2.75, 3.05) is 17.7 Å². The lowest BCUT2D eigenvalue weighted by atomic mass is 9.83. The van der Waals surface area contributed by atoms with Crippen molar-refractivity contribution in [3.63, 3.8) is 0 Å². The lowest BCUT2D eigenvalue weighted by Crippen LogP contribution is -2.24. The van der Waals surface area contributed by atoms with E-state index in [1.54, 1.807) is 6.08 Å². The minimum atomic E-state index is -0.200. The molecule has 158 valence electrons. The van der Waals surface area contributed by atoms with Crippen LogP contribution in [-0.4, -0.2) is 33.3 Å². The smallest absolute Gasteiger partial charge is 0.196 e. The number of nitrogens with zero attached hydrogens (tertiary/aromatic N) is 4. The molecule has 0 saturated heterocycles. The molecule has 31 heavy (non-hydrogen) atoms. The third-order valence-corrected chi connectivity index (χ3v) is 7.15. The van der Waals surface area contributed by atoms with Crippen molar-refractivity contribution in [1.29, 1.82) is 0 Å². The third-order valence-electron chi connectivity index (χ3n) is 6.20. The molecule has 2 aromatic carbocycles. The maximum Gasteiger partial charge on any atom is 0.196 e. The number of aromatic nitrogens is 3. The number of fused-ring (bicyclic) bond motifs is 1. The van der Waals surface area contributed by atoms with E-state index in [-0.39, 0.29) is 11.2 Å². The number of rotatable bonds is 6. The second kappa shape index (κ2) is 7.68. The van der Waals surface area contributed by atoms with Crippen LogP contribution in [0.1, 0.15) is 44.0 Å². The summed E-state index contributed by atoms with van der Waals surface area (Å²) in [5.41, 5.74) is 4.30. The lowest BCUT2D eigenvalue weighted by Gasteiger charge is -2.23. The standard InChI is InChI=1S/C25H26N4OS/c1-25(2)20-11-7-8-12-21(20)28(3)22(25)15-19(30)16-31-24-27-26-23(17-13-14-17)29(24)18-9-5-4-6-10-18/h4-12,15,17H,13-14,16H2,1-3H3/b22-15-. The second-order valence-corrected chi connectivity index (χ2v) is 9.71. The molecule has 0 bridgehead atoms. The Labute approximate surface area is 187 Å². The normalized spacial score (nSPS) is 18.4. The number of likely N-dealkylation sites (N-methyl/N-ethyl adjacent to an activating group) is 1. The Kier molecular flexibility index (Phi) is 4.97. The zero-order valence-corrected chi connectivity index (χ0v) is 18.9. The lowest BCUT2D eigenvalue weighted by molar-refractivity contribution is -0.112. The van der Waals surface area contributed by atoms with E-state index in [0.29, 0.717) is 11.7 Å². The summed E-state index contributed by atoms with van der Waals surface area (Å²) in [5.74, 6) is 1.90. The fraction of sp³-hybridized carbons (Fsp3) is 0.320. The Morgan fingerprint density at radius 1 is 1.10 bits per heavy atom. The summed E-state index contributed by atoms with van der Waals surface area (Å²) >= 11 is 1.46. The first-order valence-electron chi connectivity index (χ1n) is 10.7. The molecule has 0 radical (unpaired) electrons. The van der Waals surface area contributed by atoms with Crippen molar-refractivity contribution in [3.05, 3.63) is 77.8 Å². The van der Waals surface area contributed by atoms with Crippen LogP contribution in [0.3, 0.4) is 0 Å². The van der Waals surface area contributed by atoms with E-state index >= 15 is 0 Å². The highest BCUT2D eigenvalue weighted by Crippen LogP contribution is 2.46. The Bertz CT molecular complexity index is 1160. The van der Waals surface area contributed by atoms with Crippen LogP contribution in [0.5, 0.6) is 0 Å². The van der Waals surface area contributed by atoms with E-state index in [1.165, 1.54) is 17.3 Å². The van der Waals surface area contributed by atoms with Gasteiger partial charge in [-0.3, -0.25) is 9.36 Å². The highest BCUT2D eigenvalue weighted by molar-refractivity contribution is 7.99. The molecule has 0 atom stereocenters. The van der Waals surface area contributed by atoms with Gasteiger partial charge in [-0.05, 0) is 36.6 Å². The first kappa shape index (κ1) is 20.1. The topological polar surface area (TPSA) is 51.0 Å². The predicted octanol–water partition coefficient (Wildman–Crippen LogP) is 5.12. The molecule has 2 heterocycles. The highest BCUT2D eigenvalue weighted by Gasteiger charge is 2.38. The summed E-state index contributed by atoms with van der Waals surface area (Å²) in [6.45, 7) is 4.35. The molecule has 5 nitrogen and oxygen atoms in total. The maximum absolute atomic E-state index is 13.0. The largest absolute Gasteiger partial charge is 0.347 e. The van der Waals surface area contributed by atoms with E-state index in [4.69, 9.17) is 0 Å². The van der Waals surface area contributed by atoms with Crippen molar-refractivity contribution in [2.24, 2.45) is 0 Å². The van der Waals surface area contributed by atoms with Crippen molar-refractivity contribution in [1.82, 2.24) is 14.8 Å². The number of ketones is 1. The summed E-state index contributed by atoms with van der Waals surface area (Å²) in [6.07, 6.45) is 4.11. The minimum absolute atomic E-state index is 0.0864. The summed E-state index contributed by atoms with van der Waals surface area (Å²) in [5, 5.41) is 9.66. The summed E-state index contributed by atoms with van der Waals surface area (Å²) < 4.78 is 2.12. The van der Waals surface area contributed by atoms with Gasteiger partial charge < -0.3 is 4.90 Å². The summed E-state index contributed by atoms with van der Waals surface area (Å²) in [7, 11) is 2.04. The van der Waals surface area contributed by atoms with Crippen molar-refractivity contribution in [3.8, 4) is 5.69 Å². The molecular formula is C25H26N4OS. The average molecular weight is 431 g/mol. The minimum Gasteiger partial charge on any atom is -0.347 e. The van der Waals surface area contributed by atoms with E-state index in [2.05, 4.69) is 63.8 Å². The van der Waals surface area contributed by atoms with Crippen molar-refractivity contribution in [2.45, 2.75) is 43.2 Å². The van der Waals surface area contributed by atoms with Gasteiger partial charge in [-0.15, -0.1) is 10.2 Å². The van der Waals surface area contributed by atoms with Gasteiger partial charge in [-0.25, -0.2) is 0 Å². The number of para-hydroxylation sites is 2. The molecule has 0 spiro atoms. The molecule has 1 aliphatic carbocycles. The van der Waals surface area contributed by atoms with E-state index in [1.807, 2.05) is 31.3 Å². The molecule has 1 aromatic heterocycles. The molecule has 1 fully saturated rings. The zero-order chi connectivity index (χ0) is 21.6. The fourth-order valence-corrected chi connectivity index (χ4v) is 5.17. The Morgan fingerprint density at radius 3 is 2.52 bits per heavy atom. The van der Waals surface area contributed by atoms with Crippen molar-refractivity contribution >= 4 is 23.2 Å². The van der Waals surface area contributed by atoms with Gasteiger partial charge in [-0.1, -0.05) is 62.0 Å². The van der Waals surface area contributed by atoms with Gasteiger partial charge in [0.05, 0.1) is 5.75 Å². The molecule has 0 amide bonds. The molecule has 2 aliphatic rings. The summed E-state index contributed by atoms with van der Waals surface area (Å²) in [6, 6.07) is 18.5. The van der Waals surface area contributed by atoms with Crippen LogP contribution in [0.25, 0.3) is 5.69 Å². The average Bonchev–Trinajstić information content (AvgIpc) is 3.51. The molecule has 1 aliphatic heterocycles. The van der Waals surface area contributed by atoms with Crippen molar-refractivity contribution < 1.29 is 4.79 Å². The molecule has 6 heteroatoms. The molecule has 1 saturated carbocycles. The van der Waals surface area contributed by atoms with Crippen LogP contribution in [0.15, 0.2) is 71.5 Å². The fourth-order valence-electron chi connectivity index (χ4n) is 4.39. The first-order chi connectivity index (χ1) is 15.0. The Hall–Kier alpha value is -2.86. The van der Waals surface area contributed by atoms with Crippen LogP contribution in [-0.2, 0) is 10.2 Å². The number of carbonyl (C=O) groups excluding carboxylic acids is 1. The predicted molar refractivity (Wildman–Crippen MR) is 125 cm³/mol. The van der Waals surface area contributed by atoms with Crippen LogP contribution in [0.2, 0.25) is 0 Å². The maximum atomic E-state index is 13.0.